The molecule has 0 aliphatic heterocycles. The van der Waals surface area contributed by atoms with Gasteiger partial charge in [-0.15, -0.1) is 0 Å². The predicted molar refractivity (Wildman–Crippen MR) is 508 cm³/mol. The van der Waals surface area contributed by atoms with Crippen LogP contribution in [0.15, 0.2) is 413 Å². The summed E-state index contributed by atoms with van der Waals surface area (Å²) in [5.41, 5.74) is 31.0. The van der Waals surface area contributed by atoms with Crippen molar-refractivity contribution in [3.05, 3.63) is 424 Å². The van der Waals surface area contributed by atoms with Gasteiger partial charge in [0.2, 0.25) is 0 Å². The van der Waals surface area contributed by atoms with Gasteiger partial charge < -0.3 is 0 Å². The summed E-state index contributed by atoms with van der Waals surface area (Å²) in [6.07, 6.45) is 0. The third-order valence-electron chi connectivity index (χ3n) is 24.6. The SMILES string of the molecule is N#Cc1ccc2cc(-c3ccc4c5c(ccc(-c6ccc(-c7ccc(-c8nc(-c9ccccc9)nc(-c9ccccc9)n8)cc7)c7ccccc67)c35)-c3ccccc3-4)ccc2c1.N#Cc1ccc2cc(-c3ccc4c5c(ccc(-c6ccc(-c7cccc(-c8nc(-c9ccccc9)nc(-c9ccccc9)n8)c7)c7ccccc67)c35)-c3ccccc3-4)ccc2c1. The number of nitrogens with zero attached hydrogens (tertiary/aromatic N) is 8. The molecule has 0 unspecified atom stereocenters. The van der Waals surface area contributed by atoms with Gasteiger partial charge in [0.05, 0.1) is 23.3 Å². The molecule has 0 bridgehead atoms. The van der Waals surface area contributed by atoms with Crippen molar-refractivity contribution >= 4 is 64.6 Å². The highest BCUT2D eigenvalue weighted by Gasteiger charge is 2.29. The number of rotatable bonds is 12. The lowest BCUT2D eigenvalue weighted by atomic mass is 9.85. The van der Waals surface area contributed by atoms with Gasteiger partial charge in [-0.3, -0.25) is 0 Å². The van der Waals surface area contributed by atoms with Crippen LogP contribution in [-0.4, -0.2) is 29.9 Å². The molecule has 0 fully saturated rings. The number of hydrogen-bond acceptors (Lipinski definition) is 8. The molecule has 124 heavy (non-hydrogen) atoms. The first kappa shape index (κ1) is 72.2. The maximum Gasteiger partial charge on any atom is 0.164 e. The van der Waals surface area contributed by atoms with Gasteiger partial charge >= 0.3 is 0 Å². The van der Waals surface area contributed by atoms with E-state index in [1.54, 1.807) is 0 Å². The average Bonchev–Trinajstić information content (AvgIpc) is 1.55. The lowest BCUT2D eigenvalue weighted by molar-refractivity contribution is 1.07. The van der Waals surface area contributed by atoms with Gasteiger partial charge in [-0.1, -0.05) is 370 Å². The smallest absolute Gasteiger partial charge is 0.164 e. The lowest BCUT2D eigenvalue weighted by Crippen LogP contribution is -2.00. The van der Waals surface area contributed by atoms with Crippen LogP contribution >= 0.6 is 0 Å². The Morgan fingerprint density at radius 3 is 0.750 bits per heavy atom. The number of nitriles is 2. The molecule has 0 saturated heterocycles. The van der Waals surface area contributed by atoms with Crippen LogP contribution < -0.4 is 0 Å². The van der Waals surface area contributed by atoms with Crippen molar-refractivity contribution < 1.29 is 0 Å². The van der Waals surface area contributed by atoms with E-state index in [1.165, 1.54) is 121 Å². The average molecular weight is 1570 g/mol. The second-order valence-electron chi connectivity index (χ2n) is 31.7. The summed E-state index contributed by atoms with van der Waals surface area (Å²) in [7, 11) is 0. The van der Waals surface area contributed by atoms with E-state index in [9.17, 15) is 10.5 Å². The number of fused-ring (bicyclic) bond motifs is 10. The maximum atomic E-state index is 9.57. The van der Waals surface area contributed by atoms with E-state index in [0.717, 1.165) is 88.3 Å². The zero-order valence-electron chi connectivity index (χ0n) is 66.8. The van der Waals surface area contributed by atoms with E-state index in [-0.39, 0.29) is 0 Å². The van der Waals surface area contributed by atoms with Gasteiger partial charge in [0.1, 0.15) is 0 Å². The van der Waals surface area contributed by atoms with Crippen molar-refractivity contribution in [2.45, 2.75) is 0 Å². The molecule has 0 amide bonds. The van der Waals surface area contributed by atoms with Crippen molar-refractivity contribution in [2.24, 2.45) is 0 Å². The Hall–Kier alpha value is -17.0. The summed E-state index contributed by atoms with van der Waals surface area (Å²) in [6, 6.07) is 150. The monoisotopic (exact) mass is 1570 g/mol. The van der Waals surface area contributed by atoms with E-state index in [2.05, 4.69) is 279 Å². The van der Waals surface area contributed by atoms with E-state index in [0.29, 0.717) is 46.1 Å². The van der Waals surface area contributed by atoms with Crippen molar-refractivity contribution in [2.75, 3.05) is 0 Å². The Morgan fingerprint density at radius 2 is 0.379 bits per heavy atom. The van der Waals surface area contributed by atoms with Crippen LogP contribution in [0.25, 0.3) is 244 Å². The van der Waals surface area contributed by atoms with Gasteiger partial charge in [-0.25, -0.2) is 29.9 Å². The first-order valence-electron chi connectivity index (χ1n) is 41.6. The second-order valence-corrected chi connectivity index (χ2v) is 31.7. The molecule has 2 heterocycles. The first-order chi connectivity index (χ1) is 61.4. The van der Waals surface area contributed by atoms with Crippen LogP contribution in [-0.2, 0) is 0 Å². The van der Waals surface area contributed by atoms with Gasteiger partial charge in [-0.2, -0.15) is 10.5 Å². The van der Waals surface area contributed by atoms with Crippen molar-refractivity contribution in [1.29, 1.82) is 10.5 Å². The van der Waals surface area contributed by atoms with E-state index in [4.69, 9.17) is 29.9 Å². The zero-order valence-corrected chi connectivity index (χ0v) is 66.8. The Kier molecular flexibility index (Phi) is 17.5. The largest absolute Gasteiger partial charge is 0.208 e. The van der Waals surface area contributed by atoms with Crippen LogP contribution in [0, 0.1) is 22.7 Å². The molecule has 24 rings (SSSR count). The highest BCUT2D eigenvalue weighted by Crippen LogP contribution is 2.56. The summed E-state index contributed by atoms with van der Waals surface area (Å²) in [5.74, 6) is 3.82. The molecular formula is C116H68N8. The molecule has 0 saturated carbocycles. The molecule has 20 aromatic carbocycles. The topological polar surface area (TPSA) is 125 Å². The Morgan fingerprint density at radius 1 is 0.145 bits per heavy atom. The first-order valence-corrected chi connectivity index (χ1v) is 41.6. The summed E-state index contributed by atoms with van der Waals surface area (Å²) in [4.78, 5) is 29.8. The molecule has 2 aromatic heterocycles. The molecule has 8 heteroatoms. The molecule has 8 nitrogen and oxygen atoms in total. The number of aromatic nitrogens is 6. The molecule has 572 valence electrons. The van der Waals surface area contributed by atoms with E-state index in [1.807, 2.05) is 146 Å². The standard InChI is InChI=1S/2C58H34N4/c59-35-36-22-23-40-33-42(25-24-39(40)32-36)45-27-29-51-48-20-9-10-21-49(48)52-30-31-53(54(45)55(51)52)50-28-26-44(46-18-7-8-19-47(46)50)41-16-11-17-43(34-41)58-61-56(37-12-3-1-4-13-37)60-57(62-58)38-14-5-2-6-15-38;59-35-36-19-20-42-34-43(26-25-41(42)33-36)45-28-30-51-48-17-9-10-18-49(48)52-31-32-53(54(45)55(51)52)50-29-27-44(46-15-7-8-16-47(46)50)37-21-23-40(24-22-37)58-61-56(38-11-3-1-4-12-38)60-57(62-58)39-13-5-2-6-14-39/h2*1-34H. The van der Waals surface area contributed by atoms with E-state index >= 15 is 0 Å². The molecular weight excluding hydrogens is 1510 g/mol. The molecule has 2 aliphatic rings. The van der Waals surface area contributed by atoms with Crippen molar-refractivity contribution in [3.63, 3.8) is 0 Å². The molecule has 0 N–H and O–H groups in total. The summed E-state index contributed by atoms with van der Waals surface area (Å²) >= 11 is 0. The fraction of sp³-hybridized carbons (Fsp3) is 0. The molecule has 0 radical (unpaired) electrons. The predicted octanol–water partition coefficient (Wildman–Crippen LogP) is 29.7. The third kappa shape index (κ3) is 12.5. The van der Waals surface area contributed by atoms with Crippen molar-refractivity contribution in [1.82, 2.24) is 29.9 Å². The maximum absolute atomic E-state index is 9.57. The fourth-order valence-corrected chi connectivity index (χ4v) is 18.8. The van der Waals surface area contributed by atoms with Gasteiger partial charge in [0.25, 0.3) is 0 Å². The van der Waals surface area contributed by atoms with Gasteiger partial charge in [0.15, 0.2) is 34.9 Å². The van der Waals surface area contributed by atoms with Crippen molar-refractivity contribution in [3.8, 4) is 192 Å². The molecule has 22 aromatic rings. The highest BCUT2D eigenvalue weighted by atomic mass is 15.0. The quantitative estimate of drug-likeness (QED) is 0.118. The summed E-state index contributed by atoms with van der Waals surface area (Å²) < 4.78 is 0. The summed E-state index contributed by atoms with van der Waals surface area (Å²) in [5, 5.41) is 33.2. The Labute approximate surface area is 715 Å². The zero-order chi connectivity index (χ0) is 82.3. The minimum atomic E-state index is 0.626. The fourth-order valence-electron chi connectivity index (χ4n) is 18.8. The normalized spacial score (nSPS) is 11.5. The molecule has 0 atom stereocenters. The molecule has 2 aliphatic carbocycles. The second kappa shape index (κ2) is 30.1. The third-order valence-corrected chi connectivity index (χ3v) is 24.6. The van der Waals surface area contributed by atoms with Crippen LogP contribution in [0.3, 0.4) is 0 Å². The van der Waals surface area contributed by atoms with Crippen LogP contribution in [0.2, 0.25) is 0 Å². The highest BCUT2D eigenvalue weighted by molar-refractivity contribution is 6.26. The summed E-state index contributed by atoms with van der Waals surface area (Å²) in [6.45, 7) is 0. The van der Waals surface area contributed by atoms with Gasteiger partial charge in [-0.05, 0) is 218 Å². The minimum Gasteiger partial charge on any atom is -0.208 e. The van der Waals surface area contributed by atoms with Crippen LogP contribution in [0.5, 0.6) is 0 Å². The number of benzene rings is 20. The lowest BCUT2D eigenvalue weighted by Gasteiger charge is -2.18. The Bertz CT molecular complexity index is 8060. The minimum absolute atomic E-state index is 0.626. The molecule has 0 spiro atoms. The number of hydrogen-bond donors (Lipinski definition) is 0. The van der Waals surface area contributed by atoms with E-state index < -0.39 is 0 Å². The van der Waals surface area contributed by atoms with Crippen LogP contribution in [0.1, 0.15) is 11.1 Å². The van der Waals surface area contributed by atoms with Gasteiger partial charge in [0, 0.05) is 33.4 Å². The van der Waals surface area contributed by atoms with Crippen LogP contribution in [0.4, 0.5) is 0 Å². The Balaban J connectivity index is 0.000000143.